The van der Waals surface area contributed by atoms with Crippen LogP contribution in [0.2, 0.25) is 0 Å². The number of para-hydroxylation sites is 1. The molecule has 0 fully saturated rings. The van der Waals surface area contributed by atoms with Crippen molar-refractivity contribution >= 4 is 37.4 Å². The standard InChI is InChI=1S/C15H14BrNO3S/c1-11-6-8-12(9-7-11)21(19,20)10-15(18)17-14-5-3-2-4-13(14)16/h2-9H,10H2,1H3,(H,17,18). The molecule has 21 heavy (non-hydrogen) atoms. The molecule has 110 valence electrons. The number of nitrogens with one attached hydrogen (secondary N) is 1. The van der Waals surface area contributed by atoms with Gasteiger partial charge in [-0.3, -0.25) is 4.79 Å². The summed E-state index contributed by atoms with van der Waals surface area (Å²) >= 11 is 3.29. The van der Waals surface area contributed by atoms with Crippen molar-refractivity contribution in [2.45, 2.75) is 11.8 Å². The van der Waals surface area contributed by atoms with Crippen LogP contribution in [0, 0.1) is 6.92 Å². The Bertz CT molecular complexity index is 755. The first kappa shape index (κ1) is 15.7. The van der Waals surface area contributed by atoms with Crippen molar-refractivity contribution in [2.24, 2.45) is 0 Å². The molecule has 0 bridgehead atoms. The van der Waals surface area contributed by atoms with Crippen molar-refractivity contribution in [3.05, 3.63) is 58.6 Å². The molecule has 0 aliphatic rings. The molecule has 0 spiro atoms. The normalized spacial score (nSPS) is 11.1. The first-order chi connectivity index (χ1) is 9.88. The van der Waals surface area contributed by atoms with Gasteiger partial charge in [-0.25, -0.2) is 8.42 Å². The molecule has 2 aromatic carbocycles. The second-order valence-electron chi connectivity index (χ2n) is 4.60. The Hall–Kier alpha value is -1.66. The third-order valence-corrected chi connectivity index (χ3v) is 5.17. The summed E-state index contributed by atoms with van der Waals surface area (Å²) in [6.45, 7) is 1.87. The van der Waals surface area contributed by atoms with E-state index in [4.69, 9.17) is 0 Å². The van der Waals surface area contributed by atoms with Crippen molar-refractivity contribution in [3.8, 4) is 0 Å². The van der Waals surface area contributed by atoms with E-state index in [1.807, 2.05) is 13.0 Å². The predicted octanol–water partition coefficient (Wildman–Crippen LogP) is 3.17. The molecule has 6 heteroatoms. The van der Waals surface area contributed by atoms with Crippen LogP contribution in [0.3, 0.4) is 0 Å². The molecule has 0 unspecified atom stereocenters. The zero-order valence-corrected chi connectivity index (χ0v) is 13.7. The predicted molar refractivity (Wildman–Crippen MR) is 86.0 cm³/mol. The van der Waals surface area contributed by atoms with Crippen molar-refractivity contribution in [1.82, 2.24) is 0 Å². The number of hydrogen-bond donors (Lipinski definition) is 1. The van der Waals surface area contributed by atoms with Crippen LogP contribution in [-0.4, -0.2) is 20.1 Å². The lowest BCUT2D eigenvalue weighted by Crippen LogP contribution is -2.23. The topological polar surface area (TPSA) is 63.2 Å². The minimum atomic E-state index is -3.64. The quantitative estimate of drug-likeness (QED) is 0.902. The average molecular weight is 368 g/mol. The molecule has 0 aliphatic carbocycles. The van der Waals surface area contributed by atoms with Gasteiger partial charge < -0.3 is 5.32 Å². The third kappa shape index (κ3) is 4.15. The Labute approximate surface area is 132 Å². The Kier molecular flexibility index (Phi) is 4.80. The van der Waals surface area contributed by atoms with Crippen LogP contribution >= 0.6 is 15.9 Å². The molecule has 0 atom stereocenters. The minimum Gasteiger partial charge on any atom is -0.324 e. The molecule has 0 radical (unpaired) electrons. The van der Waals surface area contributed by atoms with Crippen molar-refractivity contribution in [3.63, 3.8) is 0 Å². The summed E-state index contributed by atoms with van der Waals surface area (Å²) < 4.78 is 25.0. The lowest BCUT2D eigenvalue weighted by Gasteiger charge is -2.08. The summed E-state index contributed by atoms with van der Waals surface area (Å²) in [5.74, 6) is -1.15. The van der Waals surface area contributed by atoms with Crippen LogP contribution < -0.4 is 5.32 Å². The average Bonchev–Trinajstić information content (AvgIpc) is 2.41. The number of sulfone groups is 1. The lowest BCUT2D eigenvalue weighted by atomic mass is 10.2. The molecule has 4 nitrogen and oxygen atoms in total. The summed E-state index contributed by atoms with van der Waals surface area (Å²) in [5, 5.41) is 2.58. The van der Waals surface area contributed by atoms with Crippen LogP contribution in [0.25, 0.3) is 0 Å². The fourth-order valence-electron chi connectivity index (χ4n) is 1.75. The number of hydrogen-bond acceptors (Lipinski definition) is 3. The number of aryl methyl sites for hydroxylation is 1. The van der Waals surface area contributed by atoms with Gasteiger partial charge in [0, 0.05) is 4.47 Å². The third-order valence-electron chi connectivity index (χ3n) is 2.85. The molecule has 1 N–H and O–H groups in total. The summed E-state index contributed by atoms with van der Waals surface area (Å²) in [6.07, 6.45) is 0. The van der Waals surface area contributed by atoms with E-state index >= 15 is 0 Å². The zero-order valence-electron chi connectivity index (χ0n) is 11.3. The fourth-order valence-corrected chi connectivity index (χ4v) is 3.27. The van der Waals surface area contributed by atoms with Crippen molar-refractivity contribution in [2.75, 3.05) is 11.1 Å². The maximum atomic E-state index is 12.2. The number of carbonyl (C=O) groups is 1. The fraction of sp³-hybridized carbons (Fsp3) is 0.133. The highest BCUT2D eigenvalue weighted by molar-refractivity contribution is 9.10. The molecular formula is C15H14BrNO3S. The molecular weight excluding hydrogens is 354 g/mol. The molecule has 0 saturated carbocycles. The highest BCUT2D eigenvalue weighted by Gasteiger charge is 2.19. The number of anilines is 1. The second kappa shape index (κ2) is 6.41. The van der Waals surface area contributed by atoms with Gasteiger partial charge in [-0.15, -0.1) is 0 Å². The Morgan fingerprint density at radius 3 is 2.33 bits per heavy atom. The van der Waals surface area contributed by atoms with Gasteiger partial charge in [0.1, 0.15) is 5.75 Å². The van der Waals surface area contributed by atoms with Gasteiger partial charge in [0.15, 0.2) is 9.84 Å². The maximum Gasteiger partial charge on any atom is 0.239 e. The van der Waals surface area contributed by atoms with Crippen LogP contribution in [0.5, 0.6) is 0 Å². The van der Waals surface area contributed by atoms with E-state index in [1.54, 1.807) is 30.3 Å². The molecule has 0 saturated heterocycles. The van der Waals surface area contributed by atoms with Gasteiger partial charge in [0.2, 0.25) is 5.91 Å². The van der Waals surface area contributed by atoms with Gasteiger partial charge in [-0.05, 0) is 47.1 Å². The van der Waals surface area contributed by atoms with Crippen LogP contribution in [0.4, 0.5) is 5.69 Å². The molecule has 1 amide bonds. The molecule has 0 heterocycles. The first-order valence-electron chi connectivity index (χ1n) is 6.22. The van der Waals surface area contributed by atoms with Gasteiger partial charge >= 0.3 is 0 Å². The smallest absolute Gasteiger partial charge is 0.239 e. The van der Waals surface area contributed by atoms with Gasteiger partial charge in [-0.1, -0.05) is 29.8 Å². The molecule has 2 aromatic rings. The molecule has 2 rings (SSSR count). The summed E-state index contributed by atoms with van der Waals surface area (Å²) in [4.78, 5) is 12.1. The van der Waals surface area contributed by atoms with Crippen molar-refractivity contribution < 1.29 is 13.2 Å². The zero-order chi connectivity index (χ0) is 15.5. The van der Waals surface area contributed by atoms with Gasteiger partial charge in [-0.2, -0.15) is 0 Å². The van der Waals surface area contributed by atoms with E-state index in [2.05, 4.69) is 21.2 Å². The van der Waals surface area contributed by atoms with Gasteiger partial charge in [0.25, 0.3) is 0 Å². The van der Waals surface area contributed by atoms with E-state index in [-0.39, 0.29) is 4.90 Å². The minimum absolute atomic E-state index is 0.148. The lowest BCUT2D eigenvalue weighted by molar-refractivity contribution is -0.113. The summed E-state index contributed by atoms with van der Waals surface area (Å²) in [6, 6.07) is 13.5. The van der Waals surface area contributed by atoms with Crippen LogP contribution in [-0.2, 0) is 14.6 Å². The first-order valence-corrected chi connectivity index (χ1v) is 8.67. The second-order valence-corrected chi connectivity index (χ2v) is 7.44. The molecule has 0 aromatic heterocycles. The summed E-state index contributed by atoms with van der Waals surface area (Å²) in [7, 11) is -3.64. The van der Waals surface area contributed by atoms with Crippen molar-refractivity contribution in [1.29, 1.82) is 0 Å². The van der Waals surface area contributed by atoms with E-state index in [1.165, 1.54) is 12.1 Å². The molecule has 0 aliphatic heterocycles. The number of amides is 1. The highest BCUT2D eigenvalue weighted by atomic mass is 79.9. The van der Waals surface area contributed by atoms with E-state index < -0.39 is 21.5 Å². The largest absolute Gasteiger partial charge is 0.324 e. The Balaban J connectivity index is 2.12. The monoisotopic (exact) mass is 367 g/mol. The van der Waals surface area contributed by atoms with E-state index in [9.17, 15) is 13.2 Å². The van der Waals surface area contributed by atoms with E-state index in [0.717, 1.165) is 5.56 Å². The number of carbonyl (C=O) groups excluding carboxylic acids is 1. The maximum absolute atomic E-state index is 12.2. The van der Waals surface area contributed by atoms with Gasteiger partial charge in [0.05, 0.1) is 10.6 Å². The van der Waals surface area contributed by atoms with E-state index in [0.29, 0.717) is 10.2 Å². The SMILES string of the molecule is Cc1ccc(S(=O)(=O)CC(=O)Nc2ccccc2Br)cc1. The Morgan fingerprint density at radius 2 is 1.71 bits per heavy atom. The van der Waals surface area contributed by atoms with Crippen LogP contribution in [0.1, 0.15) is 5.56 Å². The summed E-state index contributed by atoms with van der Waals surface area (Å²) in [5.41, 5.74) is 1.51. The number of rotatable bonds is 4. The number of benzene rings is 2. The highest BCUT2D eigenvalue weighted by Crippen LogP contribution is 2.21. The van der Waals surface area contributed by atoms with Crippen LogP contribution in [0.15, 0.2) is 57.9 Å². The number of halogens is 1. The Morgan fingerprint density at radius 1 is 1.10 bits per heavy atom.